The van der Waals surface area contributed by atoms with Gasteiger partial charge in [-0.3, -0.25) is 0 Å². The summed E-state index contributed by atoms with van der Waals surface area (Å²) in [6, 6.07) is 8.04. The molecule has 19 heavy (non-hydrogen) atoms. The van der Waals surface area contributed by atoms with Gasteiger partial charge in [-0.15, -0.1) is 0 Å². The number of fused-ring (bicyclic) bond motifs is 10. The van der Waals surface area contributed by atoms with Gasteiger partial charge in [-0.25, -0.2) is 4.98 Å². The van der Waals surface area contributed by atoms with Crippen LogP contribution < -0.4 is 5.32 Å². The number of nitrogens with one attached hydrogen (secondary N) is 1. The average molecular weight is 259 g/mol. The number of para-hydroxylation sites is 2. The molecule has 2 aromatic rings. The monoisotopic (exact) mass is 259 g/mol. The largest absolute Gasteiger partial charge is 0.366 e. The third-order valence-electron chi connectivity index (χ3n) is 4.31. The zero-order chi connectivity index (χ0) is 12.6. The minimum absolute atomic E-state index is 0.0104. The molecule has 2 saturated heterocycles. The van der Waals surface area contributed by atoms with E-state index in [0.717, 1.165) is 11.0 Å². The van der Waals surface area contributed by atoms with Gasteiger partial charge >= 0.3 is 0 Å². The van der Waals surface area contributed by atoms with E-state index in [2.05, 4.69) is 14.9 Å². The number of anilines is 1. The minimum atomic E-state index is -1.17. The van der Waals surface area contributed by atoms with Crippen molar-refractivity contribution in [2.24, 2.45) is 0 Å². The molecule has 0 aliphatic carbocycles. The van der Waals surface area contributed by atoms with Crippen LogP contribution in [-0.2, 0) is 9.47 Å². The Hall–Kier alpha value is -1.63. The highest BCUT2D eigenvalue weighted by Gasteiger charge is 2.57. The number of aromatic nitrogens is 2. The van der Waals surface area contributed by atoms with Crippen molar-refractivity contribution >= 4 is 17.0 Å². The van der Waals surface area contributed by atoms with E-state index in [0.29, 0.717) is 19.0 Å². The van der Waals surface area contributed by atoms with Crippen LogP contribution in [0.5, 0.6) is 0 Å². The Kier molecular flexibility index (Phi) is 1.66. The van der Waals surface area contributed by atoms with E-state index in [-0.39, 0.29) is 12.1 Å². The molecule has 1 aromatic carbocycles. The average Bonchev–Trinajstić information content (AvgIpc) is 2.99. The molecule has 6 nitrogen and oxygen atoms in total. The molecule has 0 unspecified atom stereocenters. The molecule has 0 radical (unpaired) electrons. The van der Waals surface area contributed by atoms with Crippen molar-refractivity contribution in [2.45, 2.75) is 30.6 Å². The Morgan fingerprint density at radius 3 is 3.26 bits per heavy atom. The molecule has 4 atom stereocenters. The summed E-state index contributed by atoms with van der Waals surface area (Å²) >= 11 is 0. The van der Waals surface area contributed by atoms with E-state index in [1.54, 1.807) is 0 Å². The van der Waals surface area contributed by atoms with Gasteiger partial charge in [0.25, 0.3) is 0 Å². The Balaban J connectivity index is 1.79. The van der Waals surface area contributed by atoms with Crippen molar-refractivity contribution in [3.8, 4) is 0 Å². The second-order valence-electron chi connectivity index (χ2n) is 5.45. The lowest BCUT2D eigenvalue weighted by Crippen LogP contribution is -2.58. The van der Waals surface area contributed by atoms with Gasteiger partial charge in [0.2, 0.25) is 12.2 Å². The molecule has 0 spiro atoms. The first kappa shape index (κ1) is 10.2. The van der Waals surface area contributed by atoms with Gasteiger partial charge in [0.15, 0.2) is 5.72 Å². The van der Waals surface area contributed by atoms with Crippen LogP contribution in [0, 0.1) is 0 Å². The van der Waals surface area contributed by atoms with Gasteiger partial charge < -0.3 is 24.5 Å². The van der Waals surface area contributed by atoms with Crippen LogP contribution >= 0.6 is 0 Å². The predicted molar refractivity (Wildman–Crippen MR) is 66.6 cm³/mol. The second-order valence-corrected chi connectivity index (χ2v) is 5.45. The predicted octanol–water partition coefficient (Wildman–Crippen LogP) is 0.837. The molecular formula is C13H13N3O3. The van der Waals surface area contributed by atoms with Crippen molar-refractivity contribution < 1.29 is 14.6 Å². The number of hydrogen-bond acceptors (Lipinski definition) is 5. The maximum Gasteiger partial charge on any atom is 0.206 e. The maximum absolute atomic E-state index is 10.6. The van der Waals surface area contributed by atoms with Crippen LogP contribution in [0.15, 0.2) is 24.3 Å². The molecular weight excluding hydrogens is 246 g/mol. The minimum Gasteiger partial charge on any atom is -0.366 e. The normalized spacial score (nSPS) is 39.1. The van der Waals surface area contributed by atoms with Gasteiger partial charge in [-0.1, -0.05) is 12.1 Å². The Labute approximate surface area is 108 Å². The van der Waals surface area contributed by atoms with E-state index in [1.165, 1.54) is 0 Å². The van der Waals surface area contributed by atoms with Crippen LogP contribution in [0.4, 0.5) is 5.95 Å². The molecule has 5 rings (SSSR count). The smallest absolute Gasteiger partial charge is 0.206 e. The van der Waals surface area contributed by atoms with Crippen molar-refractivity contribution in [3.63, 3.8) is 0 Å². The molecule has 98 valence electrons. The van der Waals surface area contributed by atoms with Crippen molar-refractivity contribution in [1.82, 2.24) is 9.55 Å². The van der Waals surface area contributed by atoms with E-state index in [9.17, 15) is 5.11 Å². The standard InChI is InChI=1S/C13H13N3O3/c17-13-5-9(10-6-18-11(13)19-10)16-8-4-2-1-3-7(8)14-12(16)15-13/h1-4,9-11,17H,5-6H2,(H,14,15)/t9-,10-,11+,13+/m0/s1. The Morgan fingerprint density at radius 2 is 2.32 bits per heavy atom. The molecule has 0 saturated carbocycles. The molecule has 1 aromatic heterocycles. The van der Waals surface area contributed by atoms with Crippen LogP contribution in [0.25, 0.3) is 11.0 Å². The van der Waals surface area contributed by atoms with Crippen molar-refractivity contribution in [2.75, 3.05) is 11.9 Å². The summed E-state index contributed by atoms with van der Waals surface area (Å²) in [4.78, 5) is 4.56. The highest BCUT2D eigenvalue weighted by molar-refractivity contribution is 5.79. The topological polar surface area (TPSA) is 68.5 Å². The molecule has 6 heteroatoms. The van der Waals surface area contributed by atoms with E-state index in [1.807, 2.05) is 24.3 Å². The Morgan fingerprint density at radius 1 is 1.42 bits per heavy atom. The van der Waals surface area contributed by atoms with Crippen LogP contribution in [0.1, 0.15) is 12.5 Å². The number of ether oxygens (including phenoxy) is 2. The quantitative estimate of drug-likeness (QED) is 0.733. The molecule has 3 aliphatic rings. The van der Waals surface area contributed by atoms with Crippen molar-refractivity contribution in [3.05, 3.63) is 24.3 Å². The molecule has 2 fully saturated rings. The van der Waals surface area contributed by atoms with Gasteiger partial charge in [0, 0.05) is 6.42 Å². The highest BCUT2D eigenvalue weighted by atomic mass is 16.7. The summed E-state index contributed by atoms with van der Waals surface area (Å²) < 4.78 is 13.4. The van der Waals surface area contributed by atoms with Gasteiger partial charge in [0.05, 0.1) is 23.7 Å². The first-order valence-corrected chi connectivity index (χ1v) is 6.49. The number of hydrogen-bond donors (Lipinski definition) is 2. The summed E-state index contributed by atoms with van der Waals surface area (Å²) in [5.74, 6) is 0.698. The first-order valence-electron chi connectivity index (χ1n) is 6.49. The van der Waals surface area contributed by atoms with Crippen LogP contribution in [0.2, 0.25) is 0 Å². The maximum atomic E-state index is 10.6. The lowest BCUT2D eigenvalue weighted by molar-refractivity contribution is -0.214. The SMILES string of the molecule is O[C@]12C[C@@H]([C@@H]3CO[C@@H]1O3)n1c(nc3ccccc31)N2. The molecule has 3 aliphatic heterocycles. The summed E-state index contributed by atoms with van der Waals surface area (Å²) in [5.41, 5.74) is 0.818. The van der Waals surface area contributed by atoms with E-state index < -0.39 is 12.0 Å². The number of rotatable bonds is 0. The number of aliphatic hydroxyl groups is 1. The third-order valence-corrected chi connectivity index (χ3v) is 4.31. The summed E-state index contributed by atoms with van der Waals surface area (Å²) in [5, 5.41) is 13.7. The van der Waals surface area contributed by atoms with Crippen LogP contribution in [-0.4, -0.2) is 39.4 Å². The summed E-state index contributed by atoms with van der Waals surface area (Å²) in [7, 11) is 0. The fourth-order valence-electron chi connectivity index (χ4n) is 3.45. The fourth-order valence-corrected chi connectivity index (χ4v) is 3.45. The number of nitrogens with zero attached hydrogens (tertiary/aromatic N) is 2. The lowest BCUT2D eigenvalue weighted by Gasteiger charge is -2.45. The van der Waals surface area contributed by atoms with E-state index in [4.69, 9.17) is 9.47 Å². The lowest BCUT2D eigenvalue weighted by atomic mass is 9.94. The van der Waals surface area contributed by atoms with E-state index >= 15 is 0 Å². The first-order chi connectivity index (χ1) is 9.24. The highest BCUT2D eigenvalue weighted by Crippen LogP contribution is 2.47. The Bertz CT molecular complexity index is 685. The third kappa shape index (κ3) is 1.14. The zero-order valence-corrected chi connectivity index (χ0v) is 10.1. The molecule has 0 amide bonds. The van der Waals surface area contributed by atoms with Gasteiger partial charge in [-0.05, 0) is 12.1 Å². The summed E-state index contributed by atoms with van der Waals surface area (Å²) in [6.45, 7) is 0.519. The van der Waals surface area contributed by atoms with Gasteiger partial charge in [0.1, 0.15) is 6.10 Å². The molecule has 4 bridgehead atoms. The molecule has 2 N–H and O–H groups in total. The molecule has 4 heterocycles. The summed E-state index contributed by atoms with van der Waals surface area (Å²) in [6.07, 6.45) is -0.0265. The number of imidazole rings is 1. The van der Waals surface area contributed by atoms with Gasteiger partial charge in [-0.2, -0.15) is 0 Å². The zero-order valence-electron chi connectivity index (χ0n) is 10.1. The second kappa shape index (κ2) is 3.09. The number of benzene rings is 1. The van der Waals surface area contributed by atoms with Crippen molar-refractivity contribution in [1.29, 1.82) is 0 Å². The fraction of sp³-hybridized carbons (Fsp3) is 0.462. The van der Waals surface area contributed by atoms with Crippen LogP contribution in [0.3, 0.4) is 0 Å².